The normalized spacial score (nSPS) is 14.3. The van der Waals surface area contributed by atoms with Crippen LogP contribution >= 0.6 is 0 Å². The Morgan fingerprint density at radius 1 is 1.42 bits per heavy atom. The van der Waals surface area contributed by atoms with Gasteiger partial charge < -0.3 is 20.5 Å². The average molecular weight is 264 g/mol. The van der Waals surface area contributed by atoms with Gasteiger partial charge in [0.1, 0.15) is 17.3 Å². The van der Waals surface area contributed by atoms with E-state index in [1.165, 1.54) is 6.92 Å². The molecule has 7 nitrogen and oxygen atoms in total. The zero-order chi connectivity index (χ0) is 14.2. The van der Waals surface area contributed by atoms with Gasteiger partial charge in [0, 0.05) is 5.69 Å². The van der Waals surface area contributed by atoms with E-state index in [0.29, 0.717) is 22.7 Å². The number of carboxylic acids is 1. The van der Waals surface area contributed by atoms with Crippen LogP contribution in [0.4, 0.5) is 5.82 Å². The number of H-pyrrole nitrogens is 1. The van der Waals surface area contributed by atoms with Crippen LogP contribution in [0.3, 0.4) is 0 Å². The number of aliphatic hydroxyl groups excluding tert-OH is 1. The zero-order valence-electron chi connectivity index (χ0n) is 10.9. The van der Waals surface area contributed by atoms with E-state index in [-0.39, 0.29) is 0 Å². The molecule has 2 unspecified atom stereocenters. The van der Waals surface area contributed by atoms with Crippen LogP contribution in [-0.4, -0.2) is 43.3 Å². The molecule has 102 valence electrons. The summed E-state index contributed by atoms with van der Waals surface area (Å²) in [6.45, 7) is 5.02. The quantitative estimate of drug-likeness (QED) is 0.650. The molecule has 2 aromatic heterocycles. The fourth-order valence-corrected chi connectivity index (χ4v) is 1.90. The van der Waals surface area contributed by atoms with Crippen molar-refractivity contribution in [3.05, 3.63) is 17.6 Å². The molecule has 0 fully saturated rings. The topological polar surface area (TPSA) is 111 Å². The summed E-state index contributed by atoms with van der Waals surface area (Å²) in [6.07, 6.45) is -1.04. The average Bonchev–Trinajstić information content (AvgIpc) is 2.64. The summed E-state index contributed by atoms with van der Waals surface area (Å²) in [5, 5.41) is 22.0. The highest BCUT2D eigenvalue weighted by Crippen LogP contribution is 2.22. The van der Waals surface area contributed by atoms with Crippen molar-refractivity contribution in [1.29, 1.82) is 0 Å². The second-order valence-corrected chi connectivity index (χ2v) is 4.53. The largest absolute Gasteiger partial charge is 0.480 e. The lowest BCUT2D eigenvalue weighted by atomic mass is 10.2. The molecule has 19 heavy (non-hydrogen) atoms. The molecule has 0 aliphatic rings. The first kappa shape index (κ1) is 13.3. The van der Waals surface area contributed by atoms with Crippen LogP contribution in [0.25, 0.3) is 11.0 Å². The van der Waals surface area contributed by atoms with Gasteiger partial charge in [0.25, 0.3) is 0 Å². The number of hydrogen-bond acceptors (Lipinski definition) is 5. The Hall–Kier alpha value is -2.15. The number of carboxylic acid groups (broad SMARTS) is 1. The number of anilines is 1. The highest BCUT2D eigenvalue weighted by atomic mass is 16.4. The van der Waals surface area contributed by atoms with Gasteiger partial charge in [0.2, 0.25) is 0 Å². The smallest absolute Gasteiger partial charge is 0.328 e. The third-order valence-electron chi connectivity index (χ3n) is 2.77. The van der Waals surface area contributed by atoms with Gasteiger partial charge in [0.15, 0.2) is 6.04 Å². The molecule has 0 amide bonds. The minimum Gasteiger partial charge on any atom is -0.480 e. The summed E-state index contributed by atoms with van der Waals surface area (Å²) >= 11 is 0. The van der Waals surface area contributed by atoms with Crippen molar-refractivity contribution in [2.24, 2.45) is 0 Å². The molecule has 0 saturated carbocycles. The Labute approximate surface area is 109 Å². The van der Waals surface area contributed by atoms with Crippen molar-refractivity contribution in [3.8, 4) is 0 Å². The number of nitrogens with zero attached hydrogens (tertiary/aromatic N) is 2. The number of rotatable bonds is 4. The summed E-state index contributed by atoms with van der Waals surface area (Å²) < 4.78 is 0. The van der Waals surface area contributed by atoms with E-state index in [4.69, 9.17) is 5.11 Å². The Morgan fingerprint density at radius 3 is 2.68 bits per heavy atom. The van der Waals surface area contributed by atoms with E-state index in [1.807, 2.05) is 13.0 Å². The SMILES string of the molecule is Cc1nc(NC(C(=O)O)C(C)O)c2cc(C)[nH]c2n1. The van der Waals surface area contributed by atoms with E-state index in [9.17, 15) is 9.90 Å². The first-order valence-corrected chi connectivity index (χ1v) is 5.90. The van der Waals surface area contributed by atoms with Crippen LogP contribution in [0, 0.1) is 13.8 Å². The monoisotopic (exact) mass is 264 g/mol. The molecule has 0 radical (unpaired) electrons. The lowest BCUT2D eigenvalue weighted by Crippen LogP contribution is -2.39. The van der Waals surface area contributed by atoms with Crippen LogP contribution in [0.1, 0.15) is 18.4 Å². The van der Waals surface area contributed by atoms with Crippen LogP contribution < -0.4 is 5.32 Å². The number of aliphatic hydroxyl groups is 1. The number of hydrogen-bond donors (Lipinski definition) is 4. The molecule has 0 aliphatic carbocycles. The Kier molecular flexibility index (Phi) is 3.39. The first-order chi connectivity index (χ1) is 8.88. The van der Waals surface area contributed by atoms with Gasteiger partial charge in [0.05, 0.1) is 11.5 Å². The molecule has 2 atom stereocenters. The molecule has 0 bridgehead atoms. The zero-order valence-corrected chi connectivity index (χ0v) is 10.9. The number of nitrogens with one attached hydrogen (secondary N) is 2. The summed E-state index contributed by atoms with van der Waals surface area (Å²) in [6, 6.07) is 0.714. The van der Waals surface area contributed by atoms with Gasteiger partial charge in [-0.25, -0.2) is 14.8 Å². The second kappa shape index (κ2) is 4.85. The fraction of sp³-hybridized carbons (Fsp3) is 0.417. The molecule has 2 aromatic rings. The van der Waals surface area contributed by atoms with Gasteiger partial charge >= 0.3 is 5.97 Å². The maximum absolute atomic E-state index is 11.1. The summed E-state index contributed by atoms with van der Waals surface area (Å²) in [5.74, 6) is -0.210. The Morgan fingerprint density at radius 2 is 2.11 bits per heavy atom. The minimum absolute atomic E-state index is 0.403. The highest BCUT2D eigenvalue weighted by molar-refractivity contribution is 5.90. The predicted octanol–water partition coefficient (Wildman–Crippen LogP) is 0.821. The summed E-state index contributed by atoms with van der Waals surface area (Å²) in [7, 11) is 0. The van der Waals surface area contributed by atoms with Gasteiger partial charge in [-0.1, -0.05) is 0 Å². The maximum Gasteiger partial charge on any atom is 0.328 e. The Balaban J connectivity index is 2.46. The van der Waals surface area contributed by atoms with E-state index in [0.717, 1.165) is 5.69 Å². The molecule has 7 heteroatoms. The number of aryl methyl sites for hydroxylation is 2. The van der Waals surface area contributed by atoms with E-state index < -0.39 is 18.1 Å². The van der Waals surface area contributed by atoms with Crippen molar-refractivity contribution < 1.29 is 15.0 Å². The van der Waals surface area contributed by atoms with Crippen LogP contribution in [0.5, 0.6) is 0 Å². The predicted molar refractivity (Wildman–Crippen MR) is 70.1 cm³/mol. The summed E-state index contributed by atoms with van der Waals surface area (Å²) in [4.78, 5) is 22.6. The highest BCUT2D eigenvalue weighted by Gasteiger charge is 2.24. The number of carbonyl (C=O) groups is 1. The van der Waals surface area contributed by atoms with E-state index >= 15 is 0 Å². The van der Waals surface area contributed by atoms with Crippen molar-refractivity contribution in [3.63, 3.8) is 0 Å². The number of aromatic amines is 1. The van der Waals surface area contributed by atoms with Crippen molar-refractivity contribution in [2.45, 2.75) is 32.9 Å². The molecular weight excluding hydrogens is 248 g/mol. The third kappa shape index (κ3) is 2.65. The molecular formula is C12H16N4O3. The minimum atomic E-state index is -1.13. The second-order valence-electron chi connectivity index (χ2n) is 4.53. The van der Waals surface area contributed by atoms with Crippen LogP contribution in [-0.2, 0) is 4.79 Å². The molecule has 2 heterocycles. The van der Waals surface area contributed by atoms with Gasteiger partial charge in [-0.3, -0.25) is 0 Å². The number of aromatic nitrogens is 3. The number of aliphatic carboxylic acids is 1. The maximum atomic E-state index is 11.1. The van der Waals surface area contributed by atoms with E-state index in [1.54, 1.807) is 6.92 Å². The third-order valence-corrected chi connectivity index (χ3v) is 2.77. The number of fused-ring (bicyclic) bond motifs is 1. The van der Waals surface area contributed by atoms with Crippen molar-refractivity contribution in [1.82, 2.24) is 15.0 Å². The summed E-state index contributed by atoms with van der Waals surface area (Å²) in [5.41, 5.74) is 1.55. The first-order valence-electron chi connectivity index (χ1n) is 5.90. The standard InChI is InChI=1S/C12H16N4O3/c1-5-4-8-10(13-5)14-7(3)15-11(8)16-9(6(2)17)12(18)19/h4,6,9,17H,1-3H3,(H,18,19)(H2,13,14,15,16). The molecule has 2 rings (SSSR count). The van der Waals surface area contributed by atoms with Crippen molar-refractivity contribution in [2.75, 3.05) is 5.32 Å². The molecule has 0 saturated heterocycles. The molecule has 0 spiro atoms. The van der Waals surface area contributed by atoms with Gasteiger partial charge in [-0.2, -0.15) is 0 Å². The Bertz CT molecular complexity index is 621. The van der Waals surface area contributed by atoms with Gasteiger partial charge in [-0.15, -0.1) is 0 Å². The molecule has 4 N–H and O–H groups in total. The van der Waals surface area contributed by atoms with Crippen molar-refractivity contribution >= 4 is 22.8 Å². The molecule has 0 aromatic carbocycles. The van der Waals surface area contributed by atoms with Crippen LogP contribution in [0.15, 0.2) is 6.07 Å². The molecule has 0 aliphatic heterocycles. The van der Waals surface area contributed by atoms with Crippen LogP contribution in [0.2, 0.25) is 0 Å². The van der Waals surface area contributed by atoms with E-state index in [2.05, 4.69) is 20.3 Å². The van der Waals surface area contributed by atoms with Gasteiger partial charge in [-0.05, 0) is 26.8 Å². The lowest BCUT2D eigenvalue weighted by molar-refractivity contribution is -0.140. The lowest BCUT2D eigenvalue weighted by Gasteiger charge is -2.18. The fourth-order valence-electron chi connectivity index (χ4n) is 1.90.